The molecule has 0 radical (unpaired) electrons. The monoisotopic (exact) mass is 328 g/mol. The van der Waals surface area contributed by atoms with Crippen molar-refractivity contribution in [2.24, 2.45) is 0 Å². The van der Waals surface area contributed by atoms with Crippen molar-refractivity contribution in [2.75, 3.05) is 0 Å². The molecule has 0 fully saturated rings. The molecule has 0 aliphatic heterocycles. The summed E-state index contributed by atoms with van der Waals surface area (Å²) in [5.74, 6) is 0.400. The molecule has 4 heteroatoms. The van der Waals surface area contributed by atoms with E-state index in [2.05, 4.69) is 61.7 Å². The number of nitrogens with zero attached hydrogens (tertiary/aromatic N) is 2. The molecule has 0 atom stereocenters. The van der Waals surface area contributed by atoms with Crippen LogP contribution in [0.25, 0.3) is 10.9 Å². The zero-order chi connectivity index (χ0) is 11.0. The summed E-state index contributed by atoms with van der Waals surface area (Å²) in [6.45, 7) is 4.27. The van der Waals surface area contributed by atoms with E-state index < -0.39 is 0 Å². The molecule has 78 valence electrons. The fraction of sp³-hybridized carbons (Fsp3) is 0.273. The Morgan fingerprint density at radius 2 is 1.87 bits per heavy atom. The average Bonchev–Trinajstić information content (AvgIpc) is 2.16. The van der Waals surface area contributed by atoms with Gasteiger partial charge in [0.05, 0.1) is 11.2 Å². The molecule has 0 amide bonds. The number of fused-ring (bicyclic) bond motifs is 1. The molecule has 0 aliphatic carbocycles. The van der Waals surface area contributed by atoms with Crippen LogP contribution in [-0.4, -0.2) is 9.97 Å². The standard InChI is InChI=1S/C11H10Br2N2/c1-6(2)10-8-3-7(12)4-9(13)11(8)15-5-14-10/h3-6H,1-2H3. The smallest absolute Gasteiger partial charge is 0.116 e. The van der Waals surface area contributed by atoms with Crippen LogP contribution in [0.3, 0.4) is 0 Å². The van der Waals surface area contributed by atoms with Gasteiger partial charge in [0.2, 0.25) is 0 Å². The molecule has 0 saturated heterocycles. The van der Waals surface area contributed by atoms with Crippen molar-refractivity contribution < 1.29 is 0 Å². The van der Waals surface area contributed by atoms with Crippen LogP contribution in [0.1, 0.15) is 25.5 Å². The van der Waals surface area contributed by atoms with Crippen LogP contribution in [0, 0.1) is 0 Å². The van der Waals surface area contributed by atoms with Gasteiger partial charge in [0, 0.05) is 14.3 Å². The van der Waals surface area contributed by atoms with Gasteiger partial charge in [0.15, 0.2) is 0 Å². The Morgan fingerprint density at radius 1 is 1.13 bits per heavy atom. The molecule has 2 aromatic rings. The van der Waals surface area contributed by atoms with Crippen molar-refractivity contribution in [1.29, 1.82) is 0 Å². The highest BCUT2D eigenvalue weighted by atomic mass is 79.9. The number of rotatable bonds is 1. The van der Waals surface area contributed by atoms with E-state index >= 15 is 0 Å². The van der Waals surface area contributed by atoms with Crippen molar-refractivity contribution in [3.05, 3.63) is 33.1 Å². The van der Waals surface area contributed by atoms with Gasteiger partial charge in [0.1, 0.15) is 6.33 Å². The first-order chi connectivity index (χ1) is 7.09. The highest BCUT2D eigenvalue weighted by Gasteiger charge is 2.10. The Kier molecular flexibility index (Phi) is 3.07. The summed E-state index contributed by atoms with van der Waals surface area (Å²) in [5, 5.41) is 1.11. The third-order valence-electron chi connectivity index (χ3n) is 2.23. The van der Waals surface area contributed by atoms with Crippen molar-refractivity contribution in [3.8, 4) is 0 Å². The summed E-state index contributed by atoms with van der Waals surface area (Å²) in [7, 11) is 0. The molecule has 1 heterocycles. The minimum absolute atomic E-state index is 0.400. The van der Waals surface area contributed by atoms with E-state index in [-0.39, 0.29) is 0 Å². The van der Waals surface area contributed by atoms with Crippen LogP contribution < -0.4 is 0 Å². The van der Waals surface area contributed by atoms with Gasteiger partial charge >= 0.3 is 0 Å². The molecule has 2 rings (SSSR count). The Hall–Kier alpha value is -0.480. The number of benzene rings is 1. The lowest BCUT2D eigenvalue weighted by Crippen LogP contribution is -1.96. The fourth-order valence-electron chi connectivity index (χ4n) is 1.57. The fourth-order valence-corrected chi connectivity index (χ4v) is 2.90. The largest absolute Gasteiger partial charge is 0.240 e. The van der Waals surface area contributed by atoms with Crippen molar-refractivity contribution in [1.82, 2.24) is 9.97 Å². The molecular formula is C11H10Br2N2. The second-order valence-electron chi connectivity index (χ2n) is 3.70. The molecule has 0 saturated carbocycles. The quantitative estimate of drug-likeness (QED) is 0.780. The first kappa shape index (κ1) is 11.0. The number of halogens is 2. The maximum atomic E-state index is 4.34. The van der Waals surface area contributed by atoms with Gasteiger partial charge in [-0.1, -0.05) is 29.8 Å². The van der Waals surface area contributed by atoms with Crippen LogP contribution in [0.15, 0.2) is 27.4 Å². The molecule has 0 N–H and O–H groups in total. The maximum absolute atomic E-state index is 4.34. The highest BCUT2D eigenvalue weighted by Crippen LogP contribution is 2.30. The van der Waals surface area contributed by atoms with Crippen molar-refractivity contribution in [2.45, 2.75) is 19.8 Å². The SMILES string of the molecule is CC(C)c1ncnc2c(Br)cc(Br)cc12. The highest BCUT2D eigenvalue weighted by molar-refractivity contribution is 9.11. The molecule has 0 bridgehead atoms. The third-order valence-corrected chi connectivity index (χ3v) is 3.30. The number of hydrogen-bond donors (Lipinski definition) is 0. The van der Waals surface area contributed by atoms with E-state index in [1.54, 1.807) is 6.33 Å². The minimum atomic E-state index is 0.400. The van der Waals surface area contributed by atoms with Crippen LogP contribution in [-0.2, 0) is 0 Å². The Balaban J connectivity index is 2.85. The number of aromatic nitrogens is 2. The summed E-state index contributed by atoms with van der Waals surface area (Å²) < 4.78 is 2.04. The molecule has 15 heavy (non-hydrogen) atoms. The Bertz CT molecular complexity index is 509. The molecular weight excluding hydrogens is 320 g/mol. The predicted molar refractivity (Wildman–Crippen MR) is 69.0 cm³/mol. The van der Waals surface area contributed by atoms with Crippen LogP contribution >= 0.6 is 31.9 Å². The molecule has 0 unspecified atom stereocenters. The zero-order valence-electron chi connectivity index (χ0n) is 8.46. The predicted octanol–water partition coefficient (Wildman–Crippen LogP) is 4.28. The van der Waals surface area contributed by atoms with E-state index in [0.29, 0.717) is 5.92 Å². The summed E-state index contributed by atoms with van der Waals surface area (Å²) >= 11 is 6.99. The molecule has 0 spiro atoms. The summed E-state index contributed by atoms with van der Waals surface area (Å²) in [6.07, 6.45) is 1.62. The van der Waals surface area contributed by atoms with Gasteiger partial charge in [-0.3, -0.25) is 0 Å². The second-order valence-corrected chi connectivity index (χ2v) is 5.47. The Labute approximate surface area is 105 Å². The van der Waals surface area contributed by atoms with E-state index in [1.165, 1.54) is 0 Å². The van der Waals surface area contributed by atoms with Crippen molar-refractivity contribution in [3.63, 3.8) is 0 Å². The second kappa shape index (κ2) is 4.18. The lowest BCUT2D eigenvalue weighted by molar-refractivity contribution is 0.828. The van der Waals surface area contributed by atoms with Crippen LogP contribution in [0.4, 0.5) is 0 Å². The van der Waals surface area contributed by atoms with E-state index in [1.807, 2.05) is 6.07 Å². The van der Waals surface area contributed by atoms with Gasteiger partial charge in [-0.05, 0) is 34.0 Å². The van der Waals surface area contributed by atoms with Crippen LogP contribution in [0.2, 0.25) is 0 Å². The lowest BCUT2D eigenvalue weighted by Gasteiger charge is -2.09. The molecule has 2 nitrogen and oxygen atoms in total. The first-order valence-corrected chi connectivity index (χ1v) is 6.28. The Morgan fingerprint density at radius 3 is 2.53 bits per heavy atom. The maximum Gasteiger partial charge on any atom is 0.116 e. The van der Waals surface area contributed by atoms with Crippen LogP contribution in [0.5, 0.6) is 0 Å². The summed E-state index contributed by atoms with van der Waals surface area (Å²) in [6, 6.07) is 4.06. The summed E-state index contributed by atoms with van der Waals surface area (Å²) in [4.78, 5) is 8.62. The van der Waals surface area contributed by atoms with E-state index in [0.717, 1.165) is 25.5 Å². The topological polar surface area (TPSA) is 25.8 Å². The van der Waals surface area contributed by atoms with Gasteiger partial charge < -0.3 is 0 Å². The van der Waals surface area contributed by atoms with E-state index in [9.17, 15) is 0 Å². The van der Waals surface area contributed by atoms with Gasteiger partial charge in [-0.25, -0.2) is 9.97 Å². The van der Waals surface area contributed by atoms with E-state index in [4.69, 9.17) is 0 Å². The third kappa shape index (κ3) is 2.06. The van der Waals surface area contributed by atoms with Gasteiger partial charge in [-0.15, -0.1) is 0 Å². The molecule has 1 aromatic heterocycles. The minimum Gasteiger partial charge on any atom is -0.240 e. The number of hydrogen-bond acceptors (Lipinski definition) is 2. The summed E-state index contributed by atoms with van der Waals surface area (Å²) in [5.41, 5.74) is 2.05. The van der Waals surface area contributed by atoms with Gasteiger partial charge in [0.25, 0.3) is 0 Å². The molecule has 0 aliphatic rings. The van der Waals surface area contributed by atoms with Gasteiger partial charge in [-0.2, -0.15) is 0 Å². The normalized spacial score (nSPS) is 11.3. The first-order valence-electron chi connectivity index (χ1n) is 4.69. The van der Waals surface area contributed by atoms with Crippen molar-refractivity contribution >= 4 is 42.8 Å². The molecule has 1 aromatic carbocycles. The zero-order valence-corrected chi connectivity index (χ0v) is 11.6. The lowest BCUT2D eigenvalue weighted by atomic mass is 10.1. The average molecular weight is 330 g/mol.